The highest BCUT2D eigenvalue weighted by molar-refractivity contribution is 5.79. The number of ether oxygens (including phenoxy) is 1. The van der Waals surface area contributed by atoms with E-state index in [0.29, 0.717) is 6.42 Å². The molecule has 0 aromatic heterocycles. The topological polar surface area (TPSA) is 75.6 Å². The average molecular weight is 293 g/mol. The summed E-state index contributed by atoms with van der Waals surface area (Å²) >= 11 is 0. The molecule has 1 amide bonds. The molecule has 116 valence electrons. The van der Waals surface area contributed by atoms with Crippen LogP contribution in [0, 0.1) is 5.41 Å². The lowest BCUT2D eigenvalue weighted by Gasteiger charge is -2.20. The molecule has 0 saturated heterocycles. The van der Waals surface area contributed by atoms with Crippen LogP contribution in [0.15, 0.2) is 24.3 Å². The van der Waals surface area contributed by atoms with E-state index >= 15 is 0 Å². The number of nitrogens with one attached hydrogen (secondary N) is 1. The normalized spacial score (nSPS) is 12.6. The van der Waals surface area contributed by atoms with Crippen molar-refractivity contribution < 1.29 is 19.4 Å². The minimum atomic E-state index is -0.963. The molecule has 0 heterocycles. The van der Waals surface area contributed by atoms with Gasteiger partial charge in [-0.15, -0.1) is 0 Å². The maximum atomic E-state index is 11.9. The van der Waals surface area contributed by atoms with Crippen molar-refractivity contribution in [1.82, 2.24) is 5.32 Å². The van der Waals surface area contributed by atoms with E-state index in [-0.39, 0.29) is 18.4 Å². The fraction of sp³-hybridized carbons (Fsp3) is 0.500. The van der Waals surface area contributed by atoms with Gasteiger partial charge in [-0.1, -0.05) is 19.1 Å². The highest BCUT2D eigenvalue weighted by Crippen LogP contribution is 2.23. The van der Waals surface area contributed by atoms with Crippen molar-refractivity contribution in [3.05, 3.63) is 29.8 Å². The van der Waals surface area contributed by atoms with E-state index in [0.717, 1.165) is 11.3 Å². The molecule has 5 nitrogen and oxygen atoms in total. The van der Waals surface area contributed by atoms with Gasteiger partial charge in [-0.05, 0) is 37.5 Å². The van der Waals surface area contributed by atoms with E-state index < -0.39 is 11.4 Å². The number of rotatable bonds is 7. The third-order valence-corrected chi connectivity index (χ3v) is 3.46. The second kappa shape index (κ2) is 7.11. The summed E-state index contributed by atoms with van der Waals surface area (Å²) in [6.07, 6.45) is 0.308. The molecule has 0 fully saturated rings. The van der Waals surface area contributed by atoms with Gasteiger partial charge in [0.05, 0.1) is 12.5 Å². The summed E-state index contributed by atoms with van der Waals surface area (Å²) in [4.78, 5) is 22.9. The molecule has 0 spiro atoms. The maximum absolute atomic E-state index is 11.9. The van der Waals surface area contributed by atoms with E-state index in [4.69, 9.17) is 9.84 Å². The highest BCUT2D eigenvalue weighted by Gasteiger charge is 2.27. The quantitative estimate of drug-likeness (QED) is 0.809. The van der Waals surface area contributed by atoms with Gasteiger partial charge in [0.15, 0.2) is 0 Å². The smallest absolute Gasteiger partial charge is 0.310 e. The van der Waals surface area contributed by atoms with Crippen molar-refractivity contribution in [2.45, 2.75) is 33.1 Å². The third kappa shape index (κ3) is 5.10. The zero-order chi connectivity index (χ0) is 16.0. The average Bonchev–Trinajstić information content (AvgIpc) is 2.45. The van der Waals surface area contributed by atoms with Crippen LogP contribution >= 0.6 is 0 Å². The lowest BCUT2D eigenvalue weighted by molar-refractivity contribution is -0.146. The summed E-state index contributed by atoms with van der Waals surface area (Å²) in [5.41, 5.74) is 0.0523. The lowest BCUT2D eigenvalue weighted by atomic mass is 9.93. The molecular weight excluding hydrogens is 270 g/mol. The molecule has 1 unspecified atom stereocenters. The van der Waals surface area contributed by atoms with Crippen LogP contribution in [0.5, 0.6) is 5.75 Å². The van der Waals surface area contributed by atoms with Gasteiger partial charge in [-0.3, -0.25) is 9.59 Å². The predicted octanol–water partition coefficient (Wildman–Crippen LogP) is 2.42. The zero-order valence-corrected chi connectivity index (χ0v) is 13.0. The van der Waals surface area contributed by atoms with Crippen LogP contribution in [-0.2, 0) is 9.59 Å². The largest absolute Gasteiger partial charge is 0.497 e. The van der Waals surface area contributed by atoms with Gasteiger partial charge in [-0.25, -0.2) is 0 Å². The molecule has 1 rings (SSSR count). The number of methoxy groups -OCH3 is 1. The minimum Gasteiger partial charge on any atom is -0.497 e. The van der Waals surface area contributed by atoms with Gasteiger partial charge in [0, 0.05) is 13.0 Å². The number of carboxylic acids is 1. The van der Waals surface area contributed by atoms with Crippen molar-refractivity contribution in [2.24, 2.45) is 5.41 Å². The van der Waals surface area contributed by atoms with Crippen LogP contribution in [-0.4, -0.2) is 30.6 Å². The van der Waals surface area contributed by atoms with Crippen molar-refractivity contribution >= 4 is 11.9 Å². The summed E-state index contributed by atoms with van der Waals surface area (Å²) in [5, 5.41) is 11.7. The second-order valence-corrected chi connectivity index (χ2v) is 5.85. The standard InChI is InChI=1S/C16H23NO4/c1-11(12-6-5-7-13(9-12)21-4)8-14(18)17-10-16(2,3)15(19)20/h5-7,9,11H,8,10H2,1-4H3,(H,17,18)(H,19,20). The molecule has 0 aliphatic carbocycles. The molecular formula is C16H23NO4. The van der Waals surface area contributed by atoms with Crippen LogP contribution in [0.1, 0.15) is 38.7 Å². The molecule has 0 radical (unpaired) electrons. The van der Waals surface area contributed by atoms with Crippen LogP contribution in [0.2, 0.25) is 0 Å². The van der Waals surface area contributed by atoms with Crippen LogP contribution in [0.25, 0.3) is 0 Å². The number of aliphatic carboxylic acids is 1. The van der Waals surface area contributed by atoms with Gasteiger partial charge in [0.2, 0.25) is 5.91 Å². The lowest BCUT2D eigenvalue weighted by Crippen LogP contribution is -2.39. The second-order valence-electron chi connectivity index (χ2n) is 5.85. The van der Waals surface area contributed by atoms with Crippen molar-refractivity contribution in [2.75, 3.05) is 13.7 Å². The Morgan fingerprint density at radius 3 is 2.62 bits per heavy atom. The van der Waals surface area contributed by atoms with Gasteiger partial charge in [0.1, 0.15) is 5.75 Å². The molecule has 0 bridgehead atoms. The number of benzene rings is 1. The van der Waals surface area contributed by atoms with Gasteiger partial charge >= 0.3 is 5.97 Å². The van der Waals surface area contributed by atoms with E-state index in [2.05, 4.69) is 5.32 Å². The summed E-state index contributed by atoms with van der Waals surface area (Å²) in [7, 11) is 1.60. The van der Waals surface area contributed by atoms with Crippen molar-refractivity contribution in [3.63, 3.8) is 0 Å². The third-order valence-electron chi connectivity index (χ3n) is 3.46. The Morgan fingerprint density at radius 1 is 1.38 bits per heavy atom. The summed E-state index contributed by atoms with van der Waals surface area (Å²) < 4.78 is 5.16. The highest BCUT2D eigenvalue weighted by atomic mass is 16.5. The maximum Gasteiger partial charge on any atom is 0.310 e. The Labute approximate surface area is 125 Å². The minimum absolute atomic E-state index is 0.0352. The predicted molar refractivity (Wildman–Crippen MR) is 80.5 cm³/mol. The van der Waals surface area contributed by atoms with Crippen LogP contribution < -0.4 is 10.1 Å². The molecule has 1 atom stereocenters. The monoisotopic (exact) mass is 293 g/mol. The van der Waals surface area contributed by atoms with Crippen LogP contribution in [0.3, 0.4) is 0 Å². The molecule has 0 aliphatic rings. The van der Waals surface area contributed by atoms with Gasteiger partial charge in [0.25, 0.3) is 0 Å². The first-order valence-electron chi connectivity index (χ1n) is 6.90. The first kappa shape index (κ1) is 17.0. The Bertz CT molecular complexity index is 511. The first-order valence-corrected chi connectivity index (χ1v) is 6.90. The van der Waals surface area contributed by atoms with E-state index in [1.54, 1.807) is 21.0 Å². The Kier molecular flexibility index (Phi) is 5.76. The number of carbonyl (C=O) groups excluding carboxylic acids is 1. The molecule has 5 heteroatoms. The molecule has 1 aromatic carbocycles. The summed E-state index contributed by atoms with van der Waals surface area (Å²) in [6, 6.07) is 7.59. The fourth-order valence-electron chi connectivity index (χ4n) is 1.81. The molecule has 1 aromatic rings. The summed E-state index contributed by atoms with van der Waals surface area (Å²) in [5.74, 6) is -0.289. The van der Waals surface area contributed by atoms with E-state index in [1.165, 1.54) is 0 Å². The van der Waals surface area contributed by atoms with Crippen molar-refractivity contribution in [3.8, 4) is 5.75 Å². The van der Waals surface area contributed by atoms with Crippen LogP contribution in [0.4, 0.5) is 0 Å². The zero-order valence-electron chi connectivity index (χ0n) is 13.0. The Morgan fingerprint density at radius 2 is 2.05 bits per heavy atom. The van der Waals surface area contributed by atoms with Crippen molar-refractivity contribution in [1.29, 1.82) is 0 Å². The van der Waals surface area contributed by atoms with Gasteiger partial charge in [-0.2, -0.15) is 0 Å². The number of hydrogen-bond acceptors (Lipinski definition) is 3. The number of carboxylic acid groups (broad SMARTS) is 1. The first-order chi connectivity index (χ1) is 9.76. The van der Waals surface area contributed by atoms with E-state index in [1.807, 2.05) is 31.2 Å². The number of carbonyl (C=O) groups is 2. The molecule has 21 heavy (non-hydrogen) atoms. The SMILES string of the molecule is COc1cccc(C(C)CC(=O)NCC(C)(C)C(=O)O)c1. The Balaban J connectivity index is 2.56. The van der Waals surface area contributed by atoms with E-state index in [9.17, 15) is 9.59 Å². The fourth-order valence-corrected chi connectivity index (χ4v) is 1.81. The molecule has 2 N–H and O–H groups in total. The summed E-state index contributed by atoms with van der Waals surface area (Å²) in [6.45, 7) is 5.24. The number of amides is 1. The number of hydrogen-bond donors (Lipinski definition) is 2. The molecule has 0 saturated carbocycles. The molecule has 0 aliphatic heterocycles. The van der Waals surface area contributed by atoms with Gasteiger partial charge < -0.3 is 15.2 Å². The Hall–Kier alpha value is -2.04.